The van der Waals surface area contributed by atoms with Crippen molar-refractivity contribution in [3.05, 3.63) is 78.9 Å². The molecule has 3 aromatic rings. The molecule has 44 heavy (non-hydrogen) atoms. The summed E-state index contributed by atoms with van der Waals surface area (Å²) in [5.74, 6) is 0.700. The number of benzene rings is 3. The highest BCUT2D eigenvalue weighted by Crippen LogP contribution is 2.33. The van der Waals surface area contributed by atoms with E-state index in [1.165, 1.54) is 0 Å². The average molecular weight is 613 g/mol. The molecule has 0 radical (unpaired) electrons. The quantitative estimate of drug-likeness (QED) is 0.161. The van der Waals surface area contributed by atoms with Crippen LogP contribution in [0.4, 0.5) is 0 Å². The van der Waals surface area contributed by atoms with Gasteiger partial charge in [0.05, 0.1) is 13.2 Å². The van der Waals surface area contributed by atoms with Crippen LogP contribution in [0.1, 0.15) is 5.56 Å². The van der Waals surface area contributed by atoms with Crippen LogP contribution >= 0.6 is 0 Å². The van der Waals surface area contributed by atoms with Gasteiger partial charge in [0.25, 0.3) is 0 Å². The van der Waals surface area contributed by atoms with Crippen LogP contribution in [0, 0.1) is 0 Å². The molecule has 8 N–H and O–H groups in total. The molecule has 0 saturated carbocycles. The molecule has 0 aliphatic carbocycles. The number of rotatable bonds is 9. The first-order valence-electron chi connectivity index (χ1n) is 14.1. The second-order valence-corrected chi connectivity index (χ2v) is 10.7. The Balaban J connectivity index is 1.27. The second-order valence-electron chi connectivity index (χ2n) is 10.7. The molecule has 5 rings (SSSR count). The lowest BCUT2D eigenvalue weighted by atomic mass is 9.95. The van der Waals surface area contributed by atoms with E-state index in [4.69, 9.17) is 18.9 Å². The molecule has 236 valence electrons. The third kappa shape index (κ3) is 6.50. The number of aliphatic hydroxyl groups is 8. The minimum atomic E-state index is -1.54. The zero-order valence-electron chi connectivity index (χ0n) is 23.5. The van der Waals surface area contributed by atoms with Crippen molar-refractivity contribution in [1.29, 1.82) is 0 Å². The molecule has 10 atom stereocenters. The molecule has 12 nitrogen and oxygen atoms in total. The van der Waals surface area contributed by atoms with E-state index in [1.54, 1.807) is 30.3 Å². The zero-order valence-corrected chi connectivity index (χ0v) is 23.5. The Kier molecular flexibility index (Phi) is 9.97. The lowest BCUT2D eigenvalue weighted by molar-refractivity contribution is -0.277. The van der Waals surface area contributed by atoms with E-state index >= 15 is 0 Å². The van der Waals surface area contributed by atoms with Gasteiger partial charge in [-0.05, 0) is 58.1 Å². The maximum atomic E-state index is 10.2. The van der Waals surface area contributed by atoms with Gasteiger partial charge >= 0.3 is 0 Å². The third-order valence-electron chi connectivity index (χ3n) is 7.83. The predicted octanol–water partition coefficient (Wildman–Crippen LogP) is 0.0210. The SMILES string of the molecule is C=Cc1cc(-c2ccc(O[C@@H]3O[C@H](CO)[C@H](O)[C@H](O)[C@H]3O)cc2)ccc1-c1ccc(O[C@@H]2O[C@H](CO)[C@H](O)[C@H](O)[C@H]2O)cc1. The molecule has 0 amide bonds. The first kappa shape index (κ1) is 32.0. The van der Waals surface area contributed by atoms with Gasteiger partial charge in [0.1, 0.15) is 60.3 Å². The molecule has 0 spiro atoms. The van der Waals surface area contributed by atoms with Crippen molar-refractivity contribution < 1.29 is 59.8 Å². The van der Waals surface area contributed by atoms with E-state index in [2.05, 4.69) is 6.58 Å². The minimum Gasteiger partial charge on any atom is -0.462 e. The molecule has 2 aliphatic rings. The monoisotopic (exact) mass is 612 g/mol. The fourth-order valence-corrected chi connectivity index (χ4v) is 5.21. The molecule has 3 aromatic carbocycles. The highest BCUT2D eigenvalue weighted by molar-refractivity contribution is 5.80. The molecular formula is C32H36O12. The topological polar surface area (TPSA) is 199 Å². The van der Waals surface area contributed by atoms with Gasteiger partial charge in [-0.3, -0.25) is 0 Å². The molecule has 2 aliphatic heterocycles. The van der Waals surface area contributed by atoms with Gasteiger partial charge in [0.15, 0.2) is 0 Å². The highest BCUT2D eigenvalue weighted by atomic mass is 16.7. The van der Waals surface area contributed by atoms with E-state index in [0.29, 0.717) is 11.5 Å². The summed E-state index contributed by atoms with van der Waals surface area (Å²) < 4.78 is 22.2. The van der Waals surface area contributed by atoms with Gasteiger partial charge in [-0.15, -0.1) is 0 Å². The maximum Gasteiger partial charge on any atom is 0.229 e. The largest absolute Gasteiger partial charge is 0.462 e. The lowest BCUT2D eigenvalue weighted by Crippen LogP contribution is -2.60. The fourth-order valence-electron chi connectivity index (χ4n) is 5.21. The smallest absolute Gasteiger partial charge is 0.229 e. The van der Waals surface area contributed by atoms with E-state index in [9.17, 15) is 40.9 Å². The molecule has 0 unspecified atom stereocenters. The normalized spacial score (nSPS) is 32.2. The van der Waals surface area contributed by atoms with Crippen molar-refractivity contribution >= 4 is 6.08 Å². The second kappa shape index (κ2) is 13.7. The Hall–Kier alpha value is -3.40. The summed E-state index contributed by atoms with van der Waals surface area (Å²) in [6.07, 6.45) is -12.0. The van der Waals surface area contributed by atoms with E-state index in [0.717, 1.165) is 27.8 Å². The van der Waals surface area contributed by atoms with Crippen LogP contribution in [0.25, 0.3) is 28.3 Å². The Morgan fingerprint density at radius 3 is 1.43 bits per heavy atom. The maximum absolute atomic E-state index is 10.2. The van der Waals surface area contributed by atoms with Crippen molar-refractivity contribution in [3.8, 4) is 33.8 Å². The first-order valence-corrected chi connectivity index (χ1v) is 14.1. The van der Waals surface area contributed by atoms with Crippen LogP contribution in [0.2, 0.25) is 0 Å². The van der Waals surface area contributed by atoms with Gasteiger partial charge in [-0.2, -0.15) is 0 Å². The first-order chi connectivity index (χ1) is 21.1. The molecule has 2 heterocycles. The van der Waals surface area contributed by atoms with Crippen molar-refractivity contribution in [1.82, 2.24) is 0 Å². The standard InChI is InChI=1S/C32H36O12/c1-2-16-13-19(17-3-8-20(9-4-17)41-31-29(39)27(37)25(35)23(14-33)43-31)7-12-22(16)18-5-10-21(11-6-18)42-32-30(40)28(38)26(36)24(15-34)44-32/h2-13,23-40H,1,14-15H2/t23-,24-,25+,26+,27+,28+,29-,30-,31-,32-/m1/s1. The van der Waals surface area contributed by atoms with Crippen molar-refractivity contribution in [2.45, 2.75) is 61.4 Å². The number of hydrogen-bond acceptors (Lipinski definition) is 12. The summed E-state index contributed by atoms with van der Waals surface area (Å²) in [4.78, 5) is 0. The Morgan fingerprint density at radius 1 is 0.568 bits per heavy atom. The Morgan fingerprint density at radius 2 is 1.00 bits per heavy atom. The summed E-state index contributed by atoms with van der Waals surface area (Å²) in [5.41, 5.74) is 4.36. The van der Waals surface area contributed by atoms with Crippen molar-refractivity contribution in [2.24, 2.45) is 0 Å². The van der Waals surface area contributed by atoms with Crippen molar-refractivity contribution in [2.75, 3.05) is 13.2 Å². The predicted molar refractivity (Wildman–Crippen MR) is 156 cm³/mol. The zero-order chi connectivity index (χ0) is 31.5. The van der Waals surface area contributed by atoms with Crippen LogP contribution in [0.3, 0.4) is 0 Å². The van der Waals surface area contributed by atoms with E-state index in [-0.39, 0.29) is 0 Å². The van der Waals surface area contributed by atoms with Gasteiger partial charge in [0, 0.05) is 0 Å². The number of aliphatic hydroxyl groups excluding tert-OH is 8. The Bertz CT molecular complexity index is 1390. The molecular weight excluding hydrogens is 576 g/mol. The molecule has 2 fully saturated rings. The van der Waals surface area contributed by atoms with Gasteiger partial charge < -0.3 is 59.8 Å². The van der Waals surface area contributed by atoms with Crippen LogP contribution in [0.15, 0.2) is 73.3 Å². The number of ether oxygens (including phenoxy) is 4. The van der Waals surface area contributed by atoms with Gasteiger partial charge in [-0.1, -0.05) is 49.1 Å². The third-order valence-corrected chi connectivity index (χ3v) is 7.83. The van der Waals surface area contributed by atoms with Gasteiger partial charge in [0.2, 0.25) is 12.6 Å². The molecule has 0 bridgehead atoms. The van der Waals surface area contributed by atoms with E-state index in [1.807, 2.05) is 42.5 Å². The Labute approximate surface area is 253 Å². The van der Waals surface area contributed by atoms with Crippen molar-refractivity contribution in [3.63, 3.8) is 0 Å². The fraction of sp³-hybridized carbons (Fsp3) is 0.375. The van der Waals surface area contributed by atoms with Crippen LogP contribution in [0.5, 0.6) is 11.5 Å². The lowest BCUT2D eigenvalue weighted by Gasteiger charge is -2.39. The summed E-state index contributed by atoms with van der Waals surface area (Å²) in [6.45, 7) is 2.85. The van der Waals surface area contributed by atoms with Crippen LogP contribution in [-0.2, 0) is 9.47 Å². The summed E-state index contributed by atoms with van der Waals surface area (Å²) >= 11 is 0. The summed E-state index contributed by atoms with van der Waals surface area (Å²) in [6, 6.07) is 19.8. The average Bonchev–Trinajstić information content (AvgIpc) is 3.05. The molecule has 2 saturated heterocycles. The summed E-state index contributed by atoms with van der Waals surface area (Å²) in [7, 11) is 0. The van der Waals surface area contributed by atoms with Crippen LogP contribution < -0.4 is 9.47 Å². The number of hydrogen-bond donors (Lipinski definition) is 8. The summed E-state index contributed by atoms with van der Waals surface area (Å²) in [5, 5.41) is 79.1. The minimum absolute atomic E-state index is 0.348. The van der Waals surface area contributed by atoms with E-state index < -0.39 is 74.6 Å². The van der Waals surface area contributed by atoms with Crippen LogP contribution in [-0.4, -0.2) is 115 Å². The highest BCUT2D eigenvalue weighted by Gasteiger charge is 2.45. The molecule has 0 aromatic heterocycles. The molecule has 12 heteroatoms. The van der Waals surface area contributed by atoms with Gasteiger partial charge in [-0.25, -0.2) is 0 Å².